The zero-order valence-corrected chi connectivity index (χ0v) is 12.5. The van der Waals surface area contributed by atoms with Crippen molar-refractivity contribution in [1.29, 1.82) is 0 Å². The summed E-state index contributed by atoms with van der Waals surface area (Å²) in [5, 5.41) is 2.88. The number of amides is 2. The quantitative estimate of drug-likeness (QED) is 0.861. The maximum Gasteiger partial charge on any atom is 0.317 e. The van der Waals surface area contributed by atoms with Crippen LogP contribution in [0.15, 0.2) is 54.6 Å². The molecule has 0 aliphatic carbocycles. The molecule has 114 valence electrons. The van der Waals surface area contributed by atoms with E-state index >= 15 is 0 Å². The van der Waals surface area contributed by atoms with Gasteiger partial charge in [-0.3, -0.25) is 0 Å². The molecule has 2 aromatic rings. The van der Waals surface area contributed by atoms with Crippen LogP contribution in [0.2, 0.25) is 0 Å². The molecule has 0 saturated carbocycles. The van der Waals surface area contributed by atoms with Crippen molar-refractivity contribution >= 4 is 6.03 Å². The Bertz CT molecular complexity index is 624. The molecule has 0 spiro atoms. The Morgan fingerprint density at radius 1 is 1.05 bits per heavy atom. The number of carbonyl (C=O) groups excluding carboxylic acids is 1. The van der Waals surface area contributed by atoms with E-state index < -0.39 is 0 Å². The largest absolute Gasteiger partial charge is 0.491 e. The summed E-state index contributed by atoms with van der Waals surface area (Å²) in [6.07, 6.45) is 1.11. The van der Waals surface area contributed by atoms with Gasteiger partial charge in [0.15, 0.2) is 0 Å². The second kappa shape index (κ2) is 6.98. The van der Waals surface area contributed by atoms with Gasteiger partial charge in [0.25, 0.3) is 0 Å². The number of nitrogens with zero attached hydrogens (tertiary/aromatic N) is 1. The first-order chi connectivity index (χ1) is 10.8. The van der Waals surface area contributed by atoms with Crippen LogP contribution in [-0.2, 0) is 0 Å². The van der Waals surface area contributed by atoms with Gasteiger partial charge in [-0.2, -0.15) is 0 Å². The Morgan fingerprint density at radius 3 is 2.50 bits per heavy atom. The molecule has 1 N–H and O–H groups in total. The van der Waals surface area contributed by atoms with Crippen molar-refractivity contribution < 1.29 is 9.53 Å². The predicted molar refractivity (Wildman–Crippen MR) is 87.0 cm³/mol. The second-order valence-electron chi connectivity index (χ2n) is 5.28. The molecule has 4 heteroatoms. The molecule has 4 nitrogen and oxygen atoms in total. The Morgan fingerprint density at radius 2 is 1.77 bits per heavy atom. The van der Waals surface area contributed by atoms with E-state index in [1.807, 2.05) is 42.5 Å². The first-order valence-electron chi connectivity index (χ1n) is 7.64. The third-order valence-electron chi connectivity index (χ3n) is 3.75. The molecule has 1 fully saturated rings. The minimum Gasteiger partial charge on any atom is -0.491 e. The van der Waals surface area contributed by atoms with Crippen LogP contribution in [-0.4, -0.2) is 37.2 Å². The van der Waals surface area contributed by atoms with Gasteiger partial charge in [-0.1, -0.05) is 48.5 Å². The summed E-state index contributed by atoms with van der Waals surface area (Å²) in [6, 6.07) is 18.1. The monoisotopic (exact) mass is 296 g/mol. The van der Waals surface area contributed by atoms with Crippen molar-refractivity contribution in [3.05, 3.63) is 54.6 Å². The predicted octanol–water partition coefficient (Wildman–Crippen LogP) is 3.15. The molecule has 0 bridgehead atoms. The summed E-state index contributed by atoms with van der Waals surface area (Å²) in [5.41, 5.74) is 2.19. The minimum absolute atomic E-state index is 0.00574. The summed E-state index contributed by atoms with van der Waals surface area (Å²) < 4.78 is 5.84. The topological polar surface area (TPSA) is 41.6 Å². The number of hydrogen-bond acceptors (Lipinski definition) is 2. The number of rotatable bonds is 5. The molecule has 0 radical (unpaired) electrons. The molecule has 0 unspecified atom stereocenters. The Hall–Kier alpha value is -2.49. The van der Waals surface area contributed by atoms with E-state index in [-0.39, 0.29) is 6.03 Å². The third-order valence-corrected chi connectivity index (χ3v) is 3.75. The zero-order chi connectivity index (χ0) is 15.2. The molecule has 2 aromatic carbocycles. The molecule has 0 aromatic heterocycles. The van der Waals surface area contributed by atoms with Crippen LogP contribution >= 0.6 is 0 Å². The number of hydrogen-bond donors (Lipinski definition) is 1. The molecule has 2 amide bonds. The lowest BCUT2D eigenvalue weighted by atomic mass is 10.1. The van der Waals surface area contributed by atoms with Crippen LogP contribution in [0.5, 0.6) is 5.75 Å². The van der Waals surface area contributed by atoms with E-state index in [9.17, 15) is 4.79 Å². The first-order valence-corrected chi connectivity index (χ1v) is 7.64. The maximum atomic E-state index is 11.7. The minimum atomic E-state index is 0.00574. The van der Waals surface area contributed by atoms with Gasteiger partial charge in [0.1, 0.15) is 12.4 Å². The molecular formula is C18H20N2O2. The van der Waals surface area contributed by atoms with Crippen LogP contribution in [0.3, 0.4) is 0 Å². The Labute approximate surface area is 130 Å². The number of para-hydroxylation sites is 1. The average Bonchev–Trinajstić information content (AvgIpc) is 2.51. The first kappa shape index (κ1) is 14.4. The van der Waals surface area contributed by atoms with Crippen LogP contribution in [0, 0.1) is 0 Å². The van der Waals surface area contributed by atoms with Gasteiger partial charge in [0.05, 0.1) is 6.54 Å². The molecule has 22 heavy (non-hydrogen) atoms. The highest BCUT2D eigenvalue weighted by Crippen LogP contribution is 2.29. The normalized spacial score (nSPS) is 13.4. The van der Waals surface area contributed by atoms with Gasteiger partial charge in [-0.15, -0.1) is 0 Å². The van der Waals surface area contributed by atoms with Gasteiger partial charge in [-0.05, 0) is 18.1 Å². The fourth-order valence-electron chi connectivity index (χ4n) is 2.40. The van der Waals surface area contributed by atoms with Crippen LogP contribution in [0.25, 0.3) is 11.1 Å². The molecule has 1 aliphatic heterocycles. The highest BCUT2D eigenvalue weighted by Gasteiger charge is 2.19. The van der Waals surface area contributed by atoms with Crippen LogP contribution in [0.4, 0.5) is 4.79 Å². The maximum absolute atomic E-state index is 11.7. The van der Waals surface area contributed by atoms with E-state index in [0.29, 0.717) is 13.2 Å². The van der Waals surface area contributed by atoms with Crippen molar-refractivity contribution in [2.45, 2.75) is 6.42 Å². The number of benzene rings is 2. The third kappa shape index (κ3) is 3.39. The number of ether oxygens (including phenoxy) is 1. The lowest BCUT2D eigenvalue weighted by Crippen LogP contribution is -2.48. The van der Waals surface area contributed by atoms with E-state index in [4.69, 9.17) is 4.74 Å². The number of likely N-dealkylation sites (tertiary alicyclic amines) is 1. The van der Waals surface area contributed by atoms with Gasteiger partial charge >= 0.3 is 6.03 Å². The lowest BCUT2D eigenvalue weighted by Gasteiger charge is -2.30. The van der Waals surface area contributed by atoms with Crippen molar-refractivity contribution in [3.8, 4) is 16.9 Å². The lowest BCUT2D eigenvalue weighted by molar-refractivity contribution is 0.165. The standard InChI is InChI=1S/C18H20N2O2/c21-18(20-12-6-13-20)19-11-14-22-17-10-5-4-9-16(17)15-7-2-1-3-8-15/h1-5,7-10H,6,11-14H2,(H,19,21). The van der Waals surface area contributed by atoms with E-state index in [1.54, 1.807) is 4.90 Å². The summed E-state index contributed by atoms with van der Waals surface area (Å²) >= 11 is 0. The van der Waals surface area contributed by atoms with E-state index in [1.165, 1.54) is 0 Å². The van der Waals surface area contributed by atoms with Crippen molar-refractivity contribution in [2.75, 3.05) is 26.2 Å². The Kier molecular flexibility index (Phi) is 4.59. The second-order valence-corrected chi connectivity index (χ2v) is 5.28. The fourth-order valence-corrected chi connectivity index (χ4v) is 2.40. The summed E-state index contributed by atoms with van der Waals surface area (Å²) in [6.45, 7) is 2.70. The summed E-state index contributed by atoms with van der Waals surface area (Å²) in [7, 11) is 0. The van der Waals surface area contributed by atoms with Gasteiger partial charge < -0.3 is 15.0 Å². The van der Waals surface area contributed by atoms with E-state index in [2.05, 4.69) is 17.4 Å². The van der Waals surface area contributed by atoms with Crippen molar-refractivity contribution in [2.24, 2.45) is 0 Å². The average molecular weight is 296 g/mol. The van der Waals surface area contributed by atoms with Crippen LogP contribution < -0.4 is 10.1 Å². The van der Waals surface area contributed by atoms with Crippen molar-refractivity contribution in [3.63, 3.8) is 0 Å². The number of urea groups is 1. The van der Waals surface area contributed by atoms with Gasteiger partial charge in [0, 0.05) is 18.7 Å². The molecule has 0 atom stereocenters. The molecule has 1 saturated heterocycles. The molecular weight excluding hydrogens is 276 g/mol. The van der Waals surface area contributed by atoms with Gasteiger partial charge in [-0.25, -0.2) is 4.79 Å². The van der Waals surface area contributed by atoms with Crippen LogP contribution in [0.1, 0.15) is 6.42 Å². The highest BCUT2D eigenvalue weighted by molar-refractivity contribution is 5.74. The highest BCUT2D eigenvalue weighted by atomic mass is 16.5. The van der Waals surface area contributed by atoms with E-state index in [0.717, 1.165) is 36.4 Å². The fraction of sp³-hybridized carbons (Fsp3) is 0.278. The van der Waals surface area contributed by atoms with Gasteiger partial charge in [0.2, 0.25) is 0 Å². The number of carbonyl (C=O) groups is 1. The smallest absolute Gasteiger partial charge is 0.317 e. The summed E-state index contributed by atoms with van der Waals surface area (Å²) in [5.74, 6) is 0.840. The molecule has 1 heterocycles. The van der Waals surface area contributed by atoms with Crippen molar-refractivity contribution in [1.82, 2.24) is 10.2 Å². The SMILES string of the molecule is O=C(NCCOc1ccccc1-c1ccccc1)N1CCC1. The Balaban J connectivity index is 1.55. The molecule has 3 rings (SSSR count). The zero-order valence-electron chi connectivity index (χ0n) is 12.5. The number of nitrogens with one attached hydrogen (secondary N) is 1. The molecule has 1 aliphatic rings. The summed E-state index contributed by atoms with van der Waals surface area (Å²) in [4.78, 5) is 13.5.